The lowest BCUT2D eigenvalue weighted by atomic mass is 10.3. The molecular formula is C6H8Cl2N2O-2. The maximum absolute atomic E-state index is 8.90. The van der Waals surface area contributed by atoms with Crippen molar-refractivity contribution in [3.63, 3.8) is 0 Å². The van der Waals surface area contributed by atoms with Crippen LogP contribution in [-0.4, -0.2) is 5.11 Å². The second-order valence-electron chi connectivity index (χ2n) is 1.82. The molecule has 0 aliphatic heterocycles. The minimum absolute atomic E-state index is 0. The summed E-state index contributed by atoms with van der Waals surface area (Å²) in [5, 5.41) is 8.90. The Kier molecular flexibility index (Phi) is 5.76. The minimum Gasteiger partial charge on any atom is -1.00 e. The van der Waals surface area contributed by atoms with Gasteiger partial charge in [-0.25, -0.2) is 0 Å². The molecule has 0 atom stereocenters. The summed E-state index contributed by atoms with van der Waals surface area (Å²) in [5.41, 5.74) is 11.5. The zero-order valence-corrected chi connectivity index (χ0v) is 7.10. The summed E-state index contributed by atoms with van der Waals surface area (Å²) in [4.78, 5) is 0. The number of rotatable bonds is 0. The van der Waals surface area contributed by atoms with Gasteiger partial charge in [-0.1, -0.05) is 0 Å². The maximum Gasteiger partial charge on any atom is 0.140 e. The molecule has 1 aromatic rings. The van der Waals surface area contributed by atoms with Gasteiger partial charge >= 0.3 is 0 Å². The van der Waals surface area contributed by atoms with Gasteiger partial charge in [0.2, 0.25) is 0 Å². The maximum atomic E-state index is 8.90. The average Bonchev–Trinajstić information content (AvgIpc) is 1.80. The molecule has 1 rings (SSSR count). The SMILES string of the molecule is Nc1ccc(N)c(O)c1.[Cl-].[Cl-]. The van der Waals surface area contributed by atoms with Crippen molar-refractivity contribution >= 4 is 11.4 Å². The van der Waals surface area contributed by atoms with Gasteiger partial charge in [-0.2, -0.15) is 0 Å². The lowest BCUT2D eigenvalue weighted by Gasteiger charge is -1.97. The van der Waals surface area contributed by atoms with Crippen LogP contribution >= 0.6 is 0 Å². The third-order valence-electron chi connectivity index (χ3n) is 1.05. The molecule has 0 aliphatic carbocycles. The zero-order valence-electron chi connectivity index (χ0n) is 5.59. The van der Waals surface area contributed by atoms with Crippen LogP contribution < -0.4 is 36.3 Å². The Morgan fingerprint density at radius 2 is 1.64 bits per heavy atom. The minimum atomic E-state index is 0. The smallest absolute Gasteiger partial charge is 0.140 e. The molecule has 11 heavy (non-hydrogen) atoms. The number of hydrogen-bond donors (Lipinski definition) is 3. The highest BCUT2D eigenvalue weighted by molar-refractivity contribution is 5.58. The molecule has 0 saturated heterocycles. The second kappa shape index (κ2) is 4.93. The molecule has 0 spiro atoms. The largest absolute Gasteiger partial charge is 1.00 e. The fraction of sp³-hybridized carbons (Fsp3) is 0. The van der Waals surface area contributed by atoms with Gasteiger partial charge in [-0.15, -0.1) is 0 Å². The van der Waals surface area contributed by atoms with Crippen molar-refractivity contribution in [2.24, 2.45) is 0 Å². The van der Waals surface area contributed by atoms with Crippen LogP contribution in [0.25, 0.3) is 0 Å². The number of phenolic OH excluding ortho intramolecular Hbond substituents is 1. The molecular weight excluding hydrogens is 187 g/mol. The molecule has 3 nitrogen and oxygen atoms in total. The summed E-state index contributed by atoms with van der Waals surface area (Å²) in [5.74, 6) is 0.0370. The number of phenols is 1. The van der Waals surface area contributed by atoms with Crippen LogP contribution in [-0.2, 0) is 0 Å². The van der Waals surface area contributed by atoms with Crippen molar-refractivity contribution in [3.8, 4) is 5.75 Å². The van der Waals surface area contributed by atoms with Gasteiger partial charge < -0.3 is 41.4 Å². The van der Waals surface area contributed by atoms with E-state index in [1.807, 2.05) is 0 Å². The molecule has 0 aliphatic rings. The van der Waals surface area contributed by atoms with Crippen molar-refractivity contribution < 1.29 is 29.9 Å². The van der Waals surface area contributed by atoms with E-state index in [1.165, 1.54) is 6.07 Å². The van der Waals surface area contributed by atoms with Crippen molar-refractivity contribution in [1.29, 1.82) is 0 Å². The van der Waals surface area contributed by atoms with Crippen LogP contribution in [0.3, 0.4) is 0 Å². The number of anilines is 2. The molecule has 5 N–H and O–H groups in total. The van der Waals surface area contributed by atoms with Gasteiger partial charge in [0.1, 0.15) is 5.75 Å². The fourth-order valence-electron chi connectivity index (χ4n) is 0.561. The molecule has 64 valence electrons. The van der Waals surface area contributed by atoms with Gasteiger partial charge in [0.15, 0.2) is 0 Å². The van der Waals surface area contributed by atoms with E-state index >= 15 is 0 Å². The number of nitrogen functional groups attached to an aromatic ring is 2. The standard InChI is InChI=1S/C6H8N2O.2ClH/c7-4-1-2-5(8)6(9)3-4;;/h1-3,9H,7-8H2;2*1H/p-2. The zero-order chi connectivity index (χ0) is 6.85. The van der Waals surface area contributed by atoms with Crippen molar-refractivity contribution in [1.82, 2.24) is 0 Å². The highest BCUT2D eigenvalue weighted by atomic mass is 35.5. The van der Waals surface area contributed by atoms with Crippen LogP contribution in [0.15, 0.2) is 18.2 Å². The van der Waals surface area contributed by atoms with E-state index in [9.17, 15) is 0 Å². The Morgan fingerprint density at radius 1 is 1.09 bits per heavy atom. The van der Waals surface area contributed by atoms with E-state index in [0.717, 1.165) is 0 Å². The van der Waals surface area contributed by atoms with E-state index in [4.69, 9.17) is 16.6 Å². The Bertz CT molecular complexity index is 230. The van der Waals surface area contributed by atoms with E-state index in [2.05, 4.69) is 0 Å². The van der Waals surface area contributed by atoms with Crippen molar-refractivity contribution in [2.75, 3.05) is 11.5 Å². The summed E-state index contributed by atoms with van der Waals surface area (Å²) < 4.78 is 0. The monoisotopic (exact) mass is 194 g/mol. The number of benzene rings is 1. The Morgan fingerprint density at radius 3 is 2.00 bits per heavy atom. The number of halogens is 2. The first-order valence-electron chi connectivity index (χ1n) is 2.54. The van der Waals surface area contributed by atoms with Crippen molar-refractivity contribution in [3.05, 3.63) is 18.2 Å². The van der Waals surface area contributed by atoms with Crippen LogP contribution in [0.2, 0.25) is 0 Å². The first-order valence-corrected chi connectivity index (χ1v) is 2.54. The fourth-order valence-corrected chi connectivity index (χ4v) is 0.561. The molecule has 0 fully saturated rings. The van der Waals surface area contributed by atoms with Gasteiger partial charge in [0.25, 0.3) is 0 Å². The molecule has 5 heteroatoms. The van der Waals surface area contributed by atoms with Gasteiger partial charge in [0, 0.05) is 11.8 Å². The second-order valence-corrected chi connectivity index (χ2v) is 1.82. The number of hydrogen-bond acceptors (Lipinski definition) is 3. The Hall–Kier alpha value is -0.800. The normalized spacial score (nSPS) is 7.64. The molecule has 0 radical (unpaired) electrons. The third-order valence-corrected chi connectivity index (χ3v) is 1.05. The lowest BCUT2D eigenvalue weighted by Crippen LogP contribution is -3.00. The third kappa shape index (κ3) is 3.20. The molecule has 0 heterocycles. The van der Waals surface area contributed by atoms with E-state index in [1.54, 1.807) is 12.1 Å². The Balaban J connectivity index is 0. The van der Waals surface area contributed by atoms with E-state index in [-0.39, 0.29) is 30.6 Å². The molecule has 1 aromatic carbocycles. The summed E-state index contributed by atoms with van der Waals surface area (Å²) in [6.07, 6.45) is 0. The molecule has 0 saturated carbocycles. The summed E-state index contributed by atoms with van der Waals surface area (Å²) in [6.45, 7) is 0. The van der Waals surface area contributed by atoms with E-state index in [0.29, 0.717) is 11.4 Å². The summed E-state index contributed by atoms with van der Waals surface area (Å²) >= 11 is 0. The first-order chi connectivity index (χ1) is 4.20. The summed E-state index contributed by atoms with van der Waals surface area (Å²) in [6, 6.07) is 4.61. The van der Waals surface area contributed by atoms with Crippen LogP contribution in [0.4, 0.5) is 11.4 Å². The van der Waals surface area contributed by atoms with Gasteiger partial charge in [0.05, 0.1) is 5.69 Å². The molecule has 0 unspecified atom stereocenters. The van der Waals surface area contributed by atoms with Gasteiger partial charge in [-0.3, -0.25) is 0 Å². The predicted octanol–water partition coefficient (Wildman–Crippen LogP) is -5.44. The predicted molar refractivity (Wildman–Crippen MR) is 36.9 cm³/mol. The van der Waals surface area contributed by atoms with Crippen molar-refractivity contribution in [2.45, 2.75) is 0 Å². The molecule has 0 amide bonds. The van der Waals surface area contributed by atoms with Crippen LogP contribution in [0.5, 0.6) is 5.75 Å². The quantitative estimate of drug-likeness (QED) is 0.286. The Labute approximate surface area is 77.2 Å². The van der Waals surface area contributed by atoms with E-state index < -0.39 is 0 Å². The lowest BCUT2D eigenvalue weighted by molar-refractivity contribution is -0.001000. The average molecular weight is 195 g/mol. The summed E-state index contributed by atoms with van der Waals surface area (Å²) in [7, 11) is 0. The molecule has 0 bridgehead atoms. The number of nitrogens with two attached hydrogens (primary N) is 2. The van der Waals surface area contributed by atoms with Crippen LogP contribution in [0.1, 0.15) is 0 Å². The van der Waals surface area contributed by atoms with Gasteiger partial charge in [-0.05, 0) is 12.1 Å². The highest BCUT2D eigenvalue weighted by Gasteiger charge is 1.93. The first kappa shape index (κ1) is 12.8. The topological polar surface area (TPSA) is 72.3 Å². The highest BCUT2D eigenvalue weighted by Crippen LogP contribution is 2.21. The molecule has 0 aromatic heterocycles. The van der Waals surface area contributed by atoms with Crippen LogP contribution in [0, 0.1) is 0 Å². The number of aromatic hydroxyl groups is 1.